The lowest BCUT2D eigenvalue weighted by atomic mass is 10.1. The molecule has 0 aromatic rings. The van der Waals surface area contributed by atoms with Gasteiger partial charge in [-0.3, -0.25) is 4.79 Å². The van der Waals surface area contributed by atoms with Gasteiger partial charge >= 0.3 is 0 Å². The topological polar surface area (TPSA) is 41.1 Å². The van der Waals surface area contributed by atoms with Crippen molar-refractivity contribution in [1.82, 2.24) is 10.6 Å². The molecule has 2 fully saturated rings. The zero-order chi connectivity index (χ0) is 11.0. The van der Waals surface area contributed by atoms with Crippen molar-refractivity contribution in [1.29, 1.82) is 0 Å². The Bertz CT molecular complexity index is 314. The van der Waals surface area contributed by atoms with E-state index in [0.29, 0.717) is 11.8 Å². The molecule has 3 nitrogen and oxygen atoms in total. The first-order chi connectivity index (χ1) is 7.86. The van der Waals surface area contributed by atoms with E-state index in [1.165, 1.54) is 24.8 Å². The summed E-state index contributed by atoms with van der Waals surface area (Å²) in [5.74, 6) is 2.16. The van der Waals surface area contributed by atoms with Gasteiger partial charge in [0.25, 0.3) is 0 Å². The van der Waals surface area contributed by atoms with Gasteiger partial charge in [-0.15, -0.1) is 0 Å². The first-order valence-electron chi connectivity index (χ1n) is 6.52. The van der Waals surface area contributed by atoms with Crippen LogP contribution in [0.2, 0.25) is 0 Å². The highest BCUT2D eigenvalue weighted by Crippen LogP contribution is 2.57. The van der Waals surface area contributed by atoms with Crippen LogP contribution in [0.5, 0.6) is 0 Å². The van der Waals surface area contributed by atoms with Crippen molar-refractivity contribution >= 4 is 5.91 Å². The van der Waals surface area contributed by atoms with Crippen molar-refractivity contribution in [2.75, 3.05) is 19.6 Å². The van der Waals surface area contributed by atoms with Gasteiger partial charge in [-0.05, 0) is 37.6 Å². The first-order valence-corrected chi connectivity index (χ1v) is 6.52. The molecule has 0 aromatic heterocycles. The number of rotatable bonds is 3. The maximum Gasteiger partial charge on any atom is 0.223 e. The second kappa shape index (κ2) is 4.21. The number of amides is 1. The minimum absolute atomic E-state index is 0.314. The molecule has 0 aromatic carbocycles. The summed E-state index contributed by atoms with van der Waals surface area (Å²) in [4.78, 5) is 11.9. The summed E-state index contributed by atoms with van der Waals surface area (Å²) in [6.45, 7) is 2.78. The van der Waals surface area contributed by atoms with Gasteiger partial charge in [-0.25, -0.2) is 0 Å². The predicted octanol–water partition coefficient (Wildman–Crippen LogP) is 1.07. The summed E-state index contributed by atoms with van der Waals surface area (Å²) in [5, 5.41) is 6.39. The maximum atomic E-state index is 11.9. The van der Waals surface area contributed by atoms with Crippen LogP contribution in [-0.2, 0) is 4.79 Å². The monoisotopic (exact) mass is 220 g/mol. The molecule has 2 N–H and O–H groups in total. The predicted molar refractivity (Wildman–Crippen MR) is 62.9 cm³/mol. The lowest BCUT2D eigenvalue weighted by Gasteiger charge is -2.14. The SMILES string of the molecule is O=C(NCC1=CCNCC1)C1C2CCCC21. The van der Waals surface area contributed by atoms with Crippen molar-refractivity contribution in [3.05, 3.63) is 11.6 Å². The Kier molecular flexibility index (Phi) is 2.72. The second-order valence-corrected chi connectivity index (χ2v) is 5.32. The van der Waals surface area contributed by atoms with Gasteiger partial charge in [0.1, 0.15) is 0 Å². The number of carbonyl (C=O) groups is 1. The molecule has 88 valence electrons. The molecule has 1 aliphatic heterocycles. The van der Waals surface area contributed by atoms with E-state index in [9.17, 15) is 4.79 Å². The summed E-state index contributed by atoms with van der Waals surface area (Å²) in [7, 11) is 0. The molecule has 2 unspecified atom stereocenters. The Hall–Kier alpha value is -0.830. The highest BCUT2D eigenvalue weighted by Gasteiger charge is 2.56. The lowest BCUT2D eigenvalue weighted by molar-refractivity contribution is -0.122. The molecule has 1 amide bonds. The van der Waals surface area contributed by atoms with Crippen LogP contribution in [0, 0.1) is 17.8 Å². The van der Waals surface area contributed by atoms with Crippen LogP contribution < -0.4 is 10.6 Å². The van der Waals surface area contributed by atoms with Crippen molar-refractivity contribution in [3.63, 3.8) is 0 Å². The zero-order valence-electron chi connectivity index (χ0n) is 9.67. The molecule has 3 heteroatoms. The van der Waals surface area contributed by atoms with E-state index in [2.05, 4.69) is 16.7 Å². The lowest BCUT2D eigenvalue weighted by Crippen LogP contribution is -2.31. The number of hydrogen-bond acceptors (Lipinski definition) is 2. The molecule has 2 saturated carbocycles. The van der Waals surface area contributed by atoms with Gasteiger partial charge < -0.3 is 10.6 Å². The Morgan fingerprint density at radius 3 is 2.94 bits per heavy atom. The second-order valence-electron chi connectivity index (χ2n) is 5.32. The van der Waals surface area contributed by atoms with Gasteiger partial charge in [0.2, 0.25) is 5.91 Å². The summed E-state index contributed by atoms with van der Waals surface area (Å²) in [6, 6.07) is 0. The summed E-state index contributed by atoms with van der Waals surface area (Å²) < 4.78 is 0. The van der Waals surface area contributed by atoms with E-state index in [0.717, 1.165) is 37.9 Å². The normalized spacial score (nSPS) is 36.5. The average molecular weight is 220 g/mol. The van der Waals surface area contributed by atoms with E-state index < -0.39 is 0 Å². The summed E-state index contributed by atoms with van der Waals surface area (Å²) in [5.41, 5.74) is 1.39. The standard InChI is InChI=1S/C13H20N2O/c16-13(12-10-2-1-3-11(10)12)15-8-9-4-6-14-7-5-9/h4,10-12,14H,1-3,5-8H2,(H,15,16). The molecule has 0 saturated heterocycles. The maximum absolute atomic E-state index is 11.9. The molecule has 2 aliphatic carbocycles. The number of carbonyl (C=O) groups excluding carboxylic acids is 1. The Morgan fingerprint density at radius 2 is 2.25 bits per heavy atom. The smallest absolute Gasteiger partial charge is 0.223 e. The van der Waals surface area contributed by atoms with Crippen LogP contribution in [0.25, 0.3) is 0 Å². The van der Waals surface area contributed by atoms with Crippen LogP contribution in [0.1, 0.15) is 25.7 Å². The molecule has 3 aliphatic rings. The summed E-state index contributed by atoms with van der Waals surface area (Å²) in [6.07, 6.45) is 7.20. The average Bonchev–Trinajstić information content (AvgIpc) is 2.81. The van der Waals surface area contributed by atoms with Gasteiger partial charge in [0.15, 0.2) is 0 Å². The third-order valence-corrected chi connectivity index (χ3v) is 4.36. The zero-order valence-corrected chi connectivity index (χ0v) is 9.67. The Labute approximate surface area is 96.7 Å². The molecule has 2 atom stereocenters. The molecule has 0 bridgehead atoms. The molecule has 16 heavy (non-hydrogen) atoms. The quantitative estimate of drug-likeness (QED) is 0.699. The number of nitrogens with one attached hydrogen (secondary N) is 2. The fourth-order valence-corrected chi connectivity index (χ4v) is 3.36. The van der Waals surface area contributed by atoms with Gasteiger partial charge in [-0.2, -0.15) is 0 Å². The minimum Gasteiger partial charge on any atom is -0.352 e. The number of hydrogen-bond donors (Lipinski definition) is 2. The molecule has 0 radical (unpaired) electrons. The van der Waals surface area contributed by atoms with Crippen molar-refractivity contribution < 1.29 is 4.79 Å². The van der Waals surface area contributed by atoms with Crippen LogP contribution in [0.4, 0.5) is 0 Å². The fourth-order valence-electron chi connectivity index (χ4n) is 3.36. The Morgan fingerprint density at radius 1 is 1.44 bits per heavy atom. The van der Waals surface area contributed by atoms with Gasteiger partial charge in [-0.1, -0.05) is 18.1 Å². The first kappa shape index (κ1) is 10.3. The van der Waals surface area contributed by atoms with E-state index in [1.807, 2.05) is 0 Å². The van der Waals surface area contributed by atoms with Gasteiger partial charge in [0, 0.05) is 19.0 Å². The third kappa shape index (κ3) is 1.88. The van der Waals surface area contributed by atoms with E-state index >= 15 is 0 Å². The Balaban J connectivity index is 1.45. The molecule has 3 rings (SSSR count). The van der Waals surface area contributed by atoms with E-state index in [4.69, 9.17) is 0 Å². The minimum atomic E-state index is 0.314. The van der Waals surface area contributed by atoms with Crippen molar-refractivity contribution in [2.45, 2.75) is 25.7 Å². The van der Waals surface area contributed by atoms with E-state index in [-0.39, 0.29) is 0 Å². The largest absolute Gasteiger partial charge is 0.352 e. The fraction of sp³-hybridized carbons (Fsp3) is 0.769. The third-order valence-electron chi connectivity index (χ3n) is 4.36. The molecular weight excluding hydrogens is 200 g/mol. The number of fused-ring (bicyclic) bond motifs is 1. The van der Waals surface area contributed by atoms with Gasteiger partial charge in [0.05, 0.1) is 0 Å². The highest BCUT2D eigenvalue weighted by molar-refractivity contribution is 5.82. The van der Waals surface area contributed by atoms with Crippen molar-refractivity contribution in [2.24, 2.45) is 17.8 Å². The van der Waals surface area contributed by atoms with Crippen LogP contribution >= 0.6 is 0 Å². The summed E-state index contributed by atoms with van der Waals surface area (Å²) >= 11 is 0. The van der Waals surface area contributed by atoms with Crippen LogP contribution in [0.15, 0.2) is 11.6 Å². The van der Waals surface area contributed by atoms with Crippen LogP contribution in [0.3, 0.4) is 0 Å². The van der Waals surface area contributed by atoms with E-state index in [1.54, 1.807) is 0 Å². The highest BCUT2D eigenvalue weighted by atomic mass is 16.2. The molecule has 0 spiro atoms. The van der Waals surface area contributed by atoms with Crippen molar-refractivity contribution in [3.8, 4) is 0 Å². The molecular formula is C13H20N2O. The van der Waals surface area contributed by atoms with Crippen LogP contribution in [-0.4, -0.2) is 25.5 Å². The molecule has 1 heterocycles.